The Kier molecular flexibility index (Phi) is 7.26. The molecule has 0 saturated heterocycles. The Labute approximate surface area is 167 Å². The average molecular weight is 380 g/mol. The average Bonchev–Trinajstić information content (AvgIpc) is 3.26. The predicted octanol–water partition coefficient (Wildman–Crippen LogP) is 5.33. The van der Waals surface area contributed by atoms with Crippen LogP contribution in [0.5, 0.6) is 5.75 Å². The number of ether oxygens (including phenoxy) is 3. The van der Waals surface area contributed by atoms with E-state index in [1.54, 1.807) is 7.11 Å². The van der Waals surface area contributed by atoms with Gasteiger partial charge in [0.05, 0.1) is 12.2 Å². The Morgan fingerprint density at radius 2 is 1.64 bits per heavy atom. The summed E-state index contributed by atoms with van der Waals surface area (Å²) in [6, 6.07) is 17.8. The molecule has 3 rings (SSSR count). The molecule has 0 amide bonds. The Hall–Kier alpha value is -2.59. The van der Waals surface area contributed by atoms with Crippen molar-refractivity contribution >= 4 is 17.1 Å². The topological polar surface area (TPSA) is 44.8 Å². The maximum atomic E-state index is 13.0. The van der Waals surface area contributed by atoms with E-state index in [2.05, 4.69) is 12.1 Å². The van der Waals surface area contributed by atoms with E-state index in [-0.39, 0.29) is 12.8 Å². The standard InChI is InChI=1S/C24H28O4/c1-3-27-24(25)23(20-13-15-21(16-14-20)28-17-26-2)22(19-11-7-8-12-19)18-9-5-4-6-10-18/h4-6,9-10,13-16,19H,3,7-8,11-12,17H2,1-2H3/b23-22-. The molecule has 28 heavy (non-hydrogen) atoms. The molecule has 2 aromatic carbocycles. The zero-order chi connectivity index (χ0) is 19.8. The minimum Gasteiger partial charge on any atom is -0.468 e. The van der Waals surface area contributed by atoms with E-state index in [1.165, 1.54) is 12.8 Å². The van der Waals surface area contributed by atoms with Crippen LogP contribution in [0.2, 0.25) is 0 Å². The fraction of sp³-hybridized carbons (Fsp3) is 0.375. The lowest BCUT2D eigenvalue weighted by molar-refractivity contribution is -0.136. The Bertz CT molecular complexity index is 787. The molecule has 2 aromatic rings. The molecule has 0 spiro atoms. The van der Waals surface area contributed by atoms with Gasteiger partial charge in [0.1, 0.15) is 5.75 Å². The number of rotatable bonds is 8. The maximum Gasteiger partial charge on any atom is 0.339 e. The summed E-state index contributed by atoms with van der Waals surface area (Å²) in [4.78, 5) is 13.0. The van der Waals surface area contributed by atoms with Crippen LogP contribution in [0.15, 0.2) is 54.6 Å². The Balaban J connectivity index is 2.10. The highest BCUT2D eigenvalue weighted by Gasteiger charge is 2.28. The van der Waals surface area contributed by atoms with Crippen LogP contribution in [0.4, 0.5) is 0 Å². The number of allylic oxidation sites excluding steroid dienone is 1. The Morgan fingerprint density at radius 3 is 2.25 bits per heavy atom. The molecule has 148 valence electrons. The smallest absolute Gasteiger partial charge is 0.339 e. The molecule has 0 bridgehead atoms. The summed E-state index contributed by atoms with van der Waals surface area (Å²) >= 11 is 0. The predicted molar refractivity (Wildman–Crippen MR) is 111 cm³/mol. The van der Waals surface area contributed by atoms with Crippen molar-refractivity contribution in [2.45, 2.75) is 32.6 Å². The molecular formula is C24H28O4. The normalized spacial score (nSPS) is 15.2. The van der Waals surface area contributed by atoms with E-state index in [0.29, 0.717) is 23.8 Å². The van der Waals surface area contributed by atoms with E-state index in [4.69, 9.17) is 14.2 Å². The fourth-order valence-electron chi connectivity index (χ4n) is 3.85. The van der Waals surface area contributed by atoms with Gasteiger partial charge in [-0.1, -0.05) is 55.3 Å². The summed E-state index contributed by atoms with van der Waals surface area (Å²) in [5.74, 6) is 0.806. The second-order valence-electron chi connectivity index (χ2n) is 6.93. The van der Waals surface area contributed by atoms with Gasteiger partial charge in [-0.3, -0.25) is 0 Å². The Morgan fingerprint density at radius 1 is 0.964 bits per heavy atom. The lowest BCUT2D eigenvalue weighted by atomic mass is 9.84. The van der Waals surface area contributed by atoms with Crippen molar-refractivity contribution in [1.29, 1.82) is 0 Å². The summed E-state index contributed by atoms with van der Waals surface area (Å²) in [6.45, 7) is 2.39. The number of esters is 1. The number of carbonyl (C=O) groups is 1. The number of hydrogen-bond donors (Lipinski definition) is 0. The quantitative estimate of drug-likeness (QED) is 0.269. The van der Waals surface area contributed by atoms with Crippen LogP contribution < -0.4 is 4.74 Å². The molecule has 0 radical (unpaired) electrons. The summed E-state index contributed by atoms with van der Waals surface area (Å²) in [6.07, 6.45) is 4.59. The van der Waals surface area contributed by atoms with Crippen LogP contribution in [-0.4, -0.2) is 26.5 Å². The van der Waals surface area contributed by atoms with Gasteiger partial charge < -0.3 is 14.2 Å². The van der Waals surface area contributed by atoms with Gasteiger partial charge in [-0.05, 0) is 54.5 Å². The van der Waals surface area contributed by atoms with Gasteiger partial charge in [-0.15, -0.1) is 0 Å². The van der Waals surface area contributed by atoms with Gasteiger partial charge in [-0.2, -0.15) is 0 Å². The molecule has 1 aliphatic rings. The first-order chi connectivity index (χ1) is 13.7. The SMILES string of the molecule is CCOC(=O)/C(=C(/c1ccccc1)C1CCCC1)c1ccc(OCOC)cc1. The lowest BCUT2D eigenvalue weighted by Crippen LogP contribution is -2.13. The highest BCUT2D eigenvalue weighted by Crippen LogP contribution is 2.41. The third kappa shape index (κ3) is 4.82. The molecule has 1 aliphatic carbocycles. The van der Waals surface area contributed by atoms with Crippen molar-refractivity contribution in [1.82, 2.24) is 0 Å². The molecule has 1 saturated carbocycles. The van der Waals surface area contributed by atoms with Crippen molar-refractivity contribution < 1.29 is 19.0 Å². The largest absolute Gasteiger partial charge is 0.468 e. The first kappa shape index (κ1) is 20.2. The summed E-state index contributed by atoms with van der Waals surface area (Å²) < 4.78 is 15.9. The number of benzene rings is 2. The minimum atomic E-state index is -0.265. The number of hydrogen-bond acceptors (Lipinski definition) is 4. The minimum absolute atomic E-state index is 0.192. The monoisotopic (exact) mass is 380 g/mol. The summed E-state index contributed by atoms with van der Waals surface area (Å²) in [5, 5.41) is 0. The molecule has 4 heteroatoms. The van der Waals surface area contributed by atoms with Crippen LogP contribution in [0, 0.1) is 5.92 Å². The van der Waals surface area contributed by atoms with Crippen molar-refractivity contribution in [2.24, 2.45) is 5.92 Å². The lowest BCUT2D eigenvalue weighted by Gasteiger charge is -2.21. The summed E-state index contributed by atoms with van der Waals surface area (Å²) in [7, 11) is 1.59. The van der Waals surface area contributed by atoms with Gasteiger partial charge in [-0.25, -0.2) is 4.79 Å². The van der Waals surface area contributed by atoms with Crippen molar-refractivity contribution in [2.75, 3.05) is 20.5 Å². The fourth-order valence-corrected chi connectivity index (χ4v) is 3.85. The van der Waals surface area contributed by atoms with E-state index in [9.17, 15) is 4.79 Å². The molecule has 1 fully saturated rings. The van der Waals surface area contributed by atoms with E-state index in [1.807, 2.05) is 49.4 Å². The second kappa shape index (κ2) is 10.1. The molecule has 4 nitrogen and oxygen atoms in total. The molecule has 0 atom stereocenters. The molecule has 0 aromatic heterocycles. The molecular weight excluding hydrogens is 352 g/mol. The van der Waals surface area contributed by atoms with Gasteiger partial charge in [0.15, 0.2) is 6.79 Å². The highest BCUT2D eigenvalue weighted by molar-refractivity contribution is 6.24. The van der Waals surface area contributed by atoms with Crippen LogP contribution in [0.1, 0.15) is 43.7 Å². The third-order valence-corrected chi connectivity index (χ3v) is 5.08. The van der Waals surface area contributed by atoms with E-state index >= 15 is 0 Å². The highest BCUT2D eigenvalue weighted by atomic mass is 16.7. The number of methoxy groups -OCH3 is 1. The first-order valence-electron chi connectivity index (χ1n) is 9.93. The zero-order valence-corrected chi connectivity index (χ0v) is 16.6. The second-order valence-corrected chi connectivity index (χ2v) is 6.93. The van der Waals surface area contributed by atoms with Gasteiger partial charge in [0.2, 0.25) is 0 Å². The molecule has 0 unspecified atom stereocenters. The molecule has 0 heterocycles. The van der Waals surface area contributed by atoms with Crippen LogP contribution in [0.25, 0.3) is 11.1 Å². The zero-order valence-electron chi connectivity index (χ0n) is 16.6. The van der Waals surface area contributed by atoms with Crippen LogP contribution in [-0.2, 0) is 14.3 Å². The third-order valence-electron chi connectivity index (χ3n) is 5.08. The maximum absolute atomic E-state index is 13.0. The van der Waals surface area contributed by atoms with E-state index < -0.39 is 0 Å². The summed E-state index contributed by atoms with van der Waals surface area (Å²) in [5.41, 5.74) is 3.71. The van der Waals surface area contributed by atoms with Crippen molar-refractivity contribution in [3.8, 4) is 5.75 Å². The van der Waals surface area contributed by atoms with Gasteiger partial charge in [0.25, 0.3) is 0 Å². The van der Waals surface area contributed by atoms with Crippen LogP contribution in [0.3, 0.4) is 0 Å². The molecule has 0 aliphatic heterocycles. The first-order valence-corrected chi connectivity index (χ1v) is 9.93. The van der Waals surface area contributed by atoms with Gasteiger partial charge >= 0.3 is 5.97 Å². The molecule has 0 N–H and O–H groups in total. The van der Waals surface area contributed by atoms with Crippen molar-refractivity contribution in [3.05, 3.63) is 65.7 Å². The van der Waals surface area contributed by atoms with Gasteiger partial charge in [0, 0.05) is 7.11 Å². The van der Waals surface area contributed by atoms with Crippen molar-refractivity contribution in [3.63, 3.8) is 0 Å². The number of carbonyl (C=O) groups excluding carboxylic acids is 1. The van der Waals surface area contributed by atoms with Crippen LogP contribution >= 0.6 is 0 Å². The van der Waals surface area contributed by atoms with E-state index in [0.717, 1.165) is 29.5 Å².